The summed E-state index contributed by atoms with van der Waals surface area (Å²) in [4.78, 5) is 16.4. The smallest absolute Gasteiger partial charge is 0.179 e. The number of H-pyrrole nitrogens is 1. The Balaban J connectivity index is 2.05. The number of nitrogen functional groups attached to an aromatic ring is 1. The summed E-state index contributed by atoms with van der Waals surface area (Å²) in [5.74, 6) is 0.862. The maximum atomic E-state index is 9.30. The number of nitrogens with zero attached hydrogens (tertiary/aromatic N) is 6. The fraction of sp³-hybridized carbons (Fsp3) is 0.167. The van der Waals surface area contributed by atoms with Gasteiger partial charge in [0.15, 0.2) is 17.0 Å². The summed E-state index contributed by atoms with van der Waals surface area (Å²) < 4.78 is 1.68. The van der Waals surface area contributed by atoms with Crippen LogP contribution >= 0.6 is 0 Å². The lowest BCUT2D eigenvalue weighted by atomic mass is 10.2. The molecule has 0 unspecified atom stereocenters. The van der Waals surface area contributed by atoms with Crippen LogP contribution < -0.4 is 5.73 Å². The molecule has 0 saturated carbocycles. The minimum Gasteiger partial charge on any atom is -0.396 e. The predicted octanol–water partition coefficient (Wildman–Crippen LogP) is 1.68. The minimum atomic E-state index is -0.0679. The summed E-state index contributed by atoms with van der Waals surface area (Å²) in [6, 6.07) is 11.3. The van der Waals surface area contributed by atoms with E-state index in [9.17, 15) is 15.6 Å². The van der Waals surface area contributed by atoms with Crippen LogP contribution in [0.3, 0.4) is 0 Å². The zero-order chi connectivity index (χ0) is 19.0. The molecule has 9 heteroatoms. The second kappa shape index (κ2) is 6.41. The lowest BCUT2D eigenvalue weighted by Crippen LogP contribution is -2.06. The second-order valence-corrected chi connectivity index (χ2v) is 5.91. The summed E-state index contributed by atoms with van der Waals surface area (Å²) >= 11 is 0. The Labute approximate surface area is 153 Å². The highest BCUT2D eigenvalue weighted by Crippen LogP contribution is 2.35. The van der Waals surface area contributed by atoms with Crippen molar-refractivity contribution in [3.8, 4) is 23.5 Å². The van der Waals surface area contributed by atoms with Gasteiger partial charge in [-0.15, -0.1) is 0 Å². The number of hydrogen-bond acceptors (Lipinski definition) is 7. The number of nitriles is 2. The van der Waals surface area contributed by atoms with E-state index >= 15 is 0 Å². The number of aliphatic hydroxyl groups excluding tert-OH is 1. The molecule has 0 bridgehead atoms. The van der Waals surface area contributed by atoms with Crippen molar-refractivity contribution >= 4 is 28.0 Å². The Morgan fingerprint density at radius 2 is 1.85 bits per heavy atom. The van der Waals surface area contributed by atoms with Gasteiger partial charge in [-0.3, -0.25) is 0 Å². The highest BCUT2D eigenvalue weighted by molar-refractivity contribution is 5.98. The van der Waals surface area contributed by atoms with Gasteiger partial charge in [0.25, 0.3) is 0 Å². The van der Waals surface area contributed by atoms with Crippen LogP contribution in [0.5, 0.6) is 0 Å². The van der Waals surface area contributed by atoms with Crippen molar-refractivity contribution in [2.45, 2.75) is 13.0 Å². The van der Waals surface area contributed by atoms with E-state index in [1.165, 1.54) is 0 Å². The van der Waals surface area contributed by atoms with Crippen LogP contribution in [0.4, 0.5) is 5.82 Å². The molecule has 1 aromatic carbocycles. The molecule has 0 aliphatic heterocycles. The van der Waals surface area contributed by atoms with Gasteiger partial charge in [0.05, 0.1) is 16.6 Å². The number of rotatable bonds is 4. The molecule has 132 valence electrons. The lowest BCUT2D eigenvalue weighted by Gasteiger charge is -2.06. The van der Waals surface area contributed by atoms with E-state index in [0.717, 1.165) is 11.0 Å². The highest BCUT2D eigenvalue weighted by atomic mass is 16.3. The van der Waals surface area contributed by atoms with Crippen LogP contribution in [0.1, 0.15) is 17.8 Å². The number of imidazole rings is 1. The molecule has 4 aromatic rings. The van der Waals surface area contributed by atoms with Gasteiger partial charge < -0.3 is 20.4 Å². The number of aryl methyl sites for hydroxylation is 1. The normalized spacial score (nSPS) is 10.9. The van der Waals surface area contributed by atoms with E-state index in [1.54, 1.807) is 4.57 Å². The van der Waals surface area contributed by atoms with Gasteiger partial charge in [0, 0.05) is 13.2 Å². The Hall–Kier alpha value is -3.95. The fourth-order valence-electron chi connectivity index (χ4n) is 3.07. The van der Waals surface area contributed by atoms with Crippen LogP contribution in [0.2, 0.25) is 0 Å². The van der Waals surface area contributed by atoms with Crippen molar-refractivity contribution in [2.75, 3.05) is 12.3 Å². The van der Waals surface area contributed by atoms with Crippen molar-refractivity contribution in [2.24, 2.45) is 0 Å². The summed E-state index contributed by atoms with van der Waals surface area (Å²) in [7, 11) is 0. The Kier molecular flexibility index (Phi) is 3.92. The molecule has 0 amide bonds. The van der Waals surface area contributed by atoms with Crippen LogP contribution in [0.15, 0.2) is 24.3 Å². The molecule has 4 rings (SSSR count). The number of nitrogens with two attached hydrogens (primary N) is 1. The van der Waals surface area contributed by atoms with E-state index in [2.05, 4.69) is 19.9 Å². The van der Waals surface area contributed by atoms with Crippen molar-refractivity contribution in [1.82, 2.24) is 24.5 Å². The number of nitrogens with one attached hydrogen (secondary N) is 1. The van der Waals surface area contributed by atoms with Gasteiger partial charge in [-0.1, -0.05) is 12.1 Å². The maximum Gasteiger partial charge on any atom is 0.179 e. The molecule has 3 heterocycles. The summed E-state index contributed by atoms with van der Waals surface area (Å²) in [6.07, 6.45) is 0.455. The van der Waals surface area contributed by atoms with Crippen molar-refractivity contribution in [1.29, 1.82) is 10.5 Å². The second-order valence-electron chi connectivity index (χ2n) is 5.91. The van der Waals surface area contributed by atoms with E-state index < -0.39 is 0 Å². The van der Waals surface area contributed by atoms with Gasteiger partial charge in [-0.2, -0.15) is 10.5 Å². The third-order valence-electron chi connectivity index (χ3n) is 4.29. The van der Waals surface area contributed by atoms with Gasteiger partial charge >= 0.3 is 0 Å². The Morgan fingerprint density at radius 1 is 1.11 bits per heavy atom. The highest BCUT2D eigenvalue weighted by Gasteiger charge is 2.23. The number of aromatic nitrogens is 5. The topological polar surface area (TPSA) is 153 Å². The SMILES string of the molecule is N#Cc1nc2c(-c3nc4ccccc4[nH]3)c(N)n(CCCO)c2nc1C#N. The number of aliphatic hydroxyl groups is 1. The monoisotopic (exact) mass is 358 g/mol. The first kappa shape index (κ1) is 16.5. The van der Waals surface area contributed by atoms with Crippen molar-refractivity contribution < 1.29 is 5.11 Å². The Bertz CT molecular complexity index is 1220. The maximum absolute atomic E-state index is 9.30. The number of hydrogen-bond donors (Lipinski definition) is 3. The molecule has 0 aliphatic rings. The van der Waals surface area contributed by atoms with Gasteiger partial charge in [-0.05, 0) is 18.6 Å². The minimum absolute atomic E-state index is 0.0199. The Morgan fingerprint density at radius 3 is 2.56 bits per heavy atom. The fourth-order valence-corrected chi connectivity index (χ4v) is 3.07. The van der Waals surface area contributed by atoms with Crippen LogP contribution in [0.25, 0.3) is 33.6 Å². The van der Waals surface area contributed by atoms with Crippen molar-refractivity contribution in [3.05, 3.63) is 35.7 Å². The third kappa shape index (κ3) is 2.54. The first-order valence-corrected chi connectivity index (χ1v) is 8.23. The molecule has 4 N–H and O–H groups in total. The third-order valence-corrected chi connectivity index (χ3v) is 4.29. The van der Waals surface area contributed by atoms with Gasteiger partial charge in [0.1, 0.15) is 29.3 Å². The standard InChI is InChI=1S/C18H14N8O/c19-8-12-13(9-20)25-18-15(22-12)14(16(21)26(18)6-3-7-27)17-23-10-4-1-2-5-11(10)24-17/h1-2,4-5,27H,3,6-7,21H2,(H,23,24). The lowest BCUT2D eigenvalue weighted by molar-refractivity contribution is 0.281. The number of aromatic amines is 1. The quantitative estimate of drug-likeness (QED) is 0.501. The largest absolute Gasteiger partial charge is 0.396 e. The molecule has 0 fully saturated rings. The van der Waals surface area contributed by atoms with Gasteiger partial charge in [0.2, 0.25) is 0 Å². The molecule has 0 atom stereocenters. The molecule has 9 nitrogen and oxygen atoms in total. The van der Waals surface area contributed by atoms with Crippen LogP contribution in [-0.4, -0.2) is 36.2 Å². The average Bonchev–Trinajstić information content (AvgIpc) is 3.22. The first-order valence-electron chi connectivity index (χ1n) is 8.23. The number of benzene rings is 1. The molecule has 0 spiro atoms. The van der Waals surface area contributed by atoms with Gasteiger partial charge in [-0.25, -0.2) is 15.0 Å². The number of anilines is 1. The van der Waals surface area contributed by atoms with Crippen LogP contribution in [0, 0.1) is 22.7 Å². The average molecular weight is 358 g/mol. The molecule has 3 aromatic heterocycles. The molecule has 0 saturated heterocycles. The number of para-hydroxylation sites is 2. The zero-order valence-electron chi connectivity index (χ0n) is 14.1. The van der Waals surface area contributed by atoms with Crippen molar-refractivity contribution in [3.63, 3.8) is 0 Å². The predicted molar refractivity (Wildman–Crippen MR) is 98.2 cm³/mol. The van der Waals surface area contributed by atoms with E-state index in [4.69, 9.17) is 5.73 Å². The van der Waals surface area contributed by atoms with Crippen LogP contribution in [-0.2, 0) is 6.54 Å². The molecule has 27 heavy (non-hydrogen) atoms. The summed E-state index contributed by atoms with van der Waals surface area (Å²) in [5, 5.41) is 27.8. The zero-order valence-corrected chi connectivity index (χ0v) is 14.1. The molecule has 0 radical (unpaired) electrons. The number of fused-ring (bicyclic) bond motifs is 2. The first-order chi connectivity index (χ1) is 13.2. The van der Waals surface area contributed by atoms with E-state index in [1.807, 2.05) is 36.4 Å². The summed E-state index contributed by atoms with van der Waals surface area (Å²) in [5.41, 5.74) is 9.13. The summed E-state index contributed by atoms with van der Waals surface area (Å²) in [6.45, 7) is 0.373. The molecular weight excluding hydrogens is 344 g/mol. The molecular formula is C18H14N8O. The molecule has 0 aliphatic carbocycles. The van der Waals surface area contributed by atoms with E-state index in [-0.39, 0.29) is 18.0 Å². The van der Waals surface area contributed by atoms with E-state index in [0.29, 0.717) is 41.3 Å².